The average Bonchev–Trinajstić information content (AvgIpc) is 2.47. The maximum Gasteiger partial charge on any atom is 0.308 e. The second kappa shape index (κ2) is 5.40. The highest BCUT2D eigenvalue weighted by molar-refractivity contribution is 6.00. The summed E-state index contributed by atoms with van der Waals surface area (Å²) in [6, 6.07) is 14.4. The van der Waals surface area contributed by atoms with E-state index in [2.05, 4.69) is 0 Å². The van der Waals surface area contributed by atoms with Gasteiger partial charge in [-0.2, -0.15) is 0 Å². The van der Waals surface area contributed by atoms with Crippen LogP contribution in [-0.4, -0.2) is 11.8 Å². The zero-order chi connectivity index (χ0) is 14.8. The molecule has 0 aromatic heterocycles. The van der Waals surface area contributed by atoms with Crippen LogP contribution in [0.2, 0.25) is 0 Å². The van der Waals surface area contributed by atoms with Gasteiger partial charge in [-0.1, -0.05) is 30.3 Å². The number of carbonyl (C=O) groups excluding carboxylic acids is 2. The number of Topliss-reactive ketones (excluding diaryl/α,β-unsaturated/α-hetero) is 1. The first-order valence-corrected chi connectivity index (χ1v) is 6.71. The smallest absolute Gasteiger partial charge is 0.308 e. The van der Waals surface area contributed by atoms with E-state index >= 15 is 0 Å². The van der Waals surface area contributed by atoms with Gasteiger partial charge in [0.1, 0.15) is 17.6 Å². The van der Waals surface area contributed by atoms with Crippen LogP contribution in [0.1, 0.15) is 35.4 Å². The SMILES string of the molecule is CC(=O)Oc1ccc2c(c1)O[C@H](c1ccccc1)CC2=O. The van der Waals surface area contributed by atoms with E-state index in [1.807, 2.05) is 30.3 Å². The van der Waals surface area contributed by atoms with Crippen molar-refractivity contribution in [2.24, 2.45) is 0 Å². The fraction of sp³-hybridized carbons (Fsp3) is 0.176. The van der Waals surface area contributed by atoms with Crippen molar-refractivity contribution in [1.82, 2.24) is 0 Å². The molecule has 1 aliphatic rings. The van der Waals surface area contributed by atoms with Gasteiger partial charge in [-0.05, 0) is 17.7 Å². The predicted octanol–water partition coefficient (Wildman–Crippen LogP) is 3.32. The predicted molar refractivity (Wildman–Crippen MR) is 76.5 cm³/mol. The molecule has 0 saturated heterocycles. The number of hydrogen-bond donors (Lipinski definition) is 0. The van der Waals surface area contributed by atoms with Gasteiger partial charge >= 0.3 is 5.97 Å². The van der Waals surface area contributed by atoms with Crippen LogP contribution >= 0.6 is 0 Å². The quantitative estimate of drug-likeness (QED) is 0.626. The molecule has 21 heavy (non-hydrogen) atoms. The topological polar surface area (TPSA) is 52.6 Å². The molecule has 0 radical (unpaired) electrons. The number of esters is 1. The second-order valence-electron chi connectivity index (χ2n) is 4.90. The van der Waals surface area contributed by atoms with Crippen LogP contribution in [0.4, 0.5) is 0 Å². The van der Waals surface area contributed by atoms with Crippen molar-refractivity contribution in [3.8, 4) is 11.5 Å². The summed E-state index contributed by atoms with van der Waals surface area (Å²) in [6.07, 6.45) is 0.00276. The van der Waals surface area contributed by atoms with E-state index < -0.39 is 5.97 Å². The minimum absolute atomic E-state index is 0.0273. The summed E-state index contributed by atoms with van der Waals surface area (Å²) in [5.74, 6) is 0.456. The van der Waals surface area contributed by atoms with E-state index in [1.165, 1.54) is 6.92 Å². The second-order valence-corrected chi connectivity index (χ2v) is 4.90. The molecule has 0 spiro atoms. The molecule has 0 fully saturated rings. The zero-order valence-corrected chi connectivity index (χ0v) is 11.5. The molecule has 2 aromatic rings. The molecule has 1 atom stereocenters. The van der Waals surface area contributed by atoms with Crippen molar-refractivity contribution in [1.29, 1.82) is 0 Å². The van der Waals surface area contributed by atoms with Crippen LogP contribution in [0.15, 0.2) is 48.5 Å². The summed E-state index contributed by atoms with van der Waals surface area (Å²) in [4.78, 5) is 23.2. The van der Waals surface area contributed by atoms with Crippen LogP contribution in [0.3, 0.4) is 0 Å². The van der Waals surface area contributed by atoms with Gasteiger partial charge in [-0.25, -0.2) is 0 Å². The molecule has 0 N–H and O–H groups in total. The van der Waals surface area contributed by atoms with Crippen LogP contribution in [0.25, 0.3) is 0 Å². The minimum Gasteiger partial charge on any atom is -0.484 e. The van der Waals surface area contributed by atoms with Gasteiger partial charge in [-0.15, -0.1) is 0 Å². The van der Waals surface area contributed by atoms with E-state index in [4.69, 9.17) is 9.47 Å². The number of ketones is 1. The van der Waals surface area contributed by atoms with E-state index in [0.29, 0.717) is 23.5 Å². The molecule has 4 heteroatoms. The molecule has 4 nitrogen and oxygen atoms in total. The lowest BCUT2D eigenvalue weighted by atomic mass is 9.96. The Morgan fingerprint density at radius 3 is 2.67 bits per heavy atom. The van der Waals surface area contributed by atoms with E-state index in [-0.39, 0.29) is 11.9 Å². The third-order valence-electron chi connectivity index (χ3n) is 3.33. The van der Waals surface area contributed by atoms with Crippen molar-refractivity contribution < 1.29 is 19.1 Å². The Kier molecular flexibility index (Phi) is 3.44. The largest absolute Gasteiger partial charge is 0.484 e. The summed E-state index contributed by atoms with van der Waals surface area (Å²) < 4.78 is 10.9. The lowest BCUT2D eigenvalue weighted by Gasteiger charge is -2.25. The van der Waals surface area contributed by atoms with E-state index in [0.717, 1.165) is 5.56 Å². The molecule has 0 amide bonds. The Balaban J connectivity index is 1.92. The first-order valence-electron chi connectivity index (χ1n) is 6.71. The van der Waals surface area contributed by atoms with Gasteiger partial charge in [0, 0.05) is 13.0 Å². The molecule has 1 heterocycles. The average molecular weight is 282 g/mol. The lowest BCUT2D eigenvalue weighted by molar-refractivity contribution is -0.131. The number of carbonyl (C=O) groups is 2. The Morgan fingerprint density at radius 2 is 1.95 bits per heavy atom. The van der Waals surface area contributed by atoms with Gasteiger partial charge in [0.15, 0.2) is 5.78 Å². The first-order chi connectivity index (χ1) is 10.1. The van der Waals surface area contributed by atoms with Crippen LogP contribution in [0.5, 0.6) is 11.5 Å². The minimum atomic E-state index is -0.406. The van der Waals surface area contributed by atoms with Gasteiger partial charge in [0.2, 0.25) is 0 Å². The van der Waals surface area contributed by atoms with Gasteiger partial charge < -0.3 is 9.47 Å². The van der Waals surface area contributed by atoms with Crippen molar-refractivity contribution in [3.63, 3.8) is 0 Å². The molecule has 3 rings (SSSR count). The van der Waals surface area contributed by atoms with Crippen molar-refractivity contribution >= 4 is 11.8 Å². The Bertz CT molecular complexity index is 691. The van der Waals surface area contributed by atoms with Gasteiger partial charge in [-0.3, -0.25) is 9.59 Å². The molecule has 0 aliphatic carbocycles. The fourth-order valence-corrected chi connectivity index (χ4v) is 2.39. The third kappa shape index (κ3) is 2.79. The molecule has 0 bridgehead atoms. The summed E-state index contributed by atoms with van der Waals surface area (Å²) in [5.41, 5.74) is 1.48. The van der Waals surface area contributed by atoms with Crippen molar-refractivity contribution in [2.45, 2.75) is 19.4 Å². The monoisotopic (exact) mass is 282 g/mol. The highest BCUT2D eigenvalue weighted by Gasteiger charge is 2.27. The molecular weight excluding hydrogens is 268 g/mol. The number of hydrogen-bond acceptors (Lipinski definition) is 4. The Labute approximate surface area is 122 Å². The number of fused-ring (bicyclic) bond motifs is 1. The fourth-order valence-electron chi connectivity index (χ4n) is 2.39. The molecule has 1 aliphatic heterocycles. The van der Waals surface area contributed by atoms with Crippen molar-refractivity contribution in [2.75, 3.05) is 0 Å². The van der Waals surface area contributed by atoms with Crippen LogP contribution in [0, 0.1) is 0 Å². The van der Waals surface area contributed by atoms with Gasteiger partial charge in [0.25, 0.3) is 0 Å². The summed E-state index contributed by atoms with van der Waals surface area (Å²) >= 11 is 0. The maximum absolute atomic E-state index is 12.2. The third-order valence-corrected chi connectivity index (χ3v) is 3.33. The van der Waals surface area contributed by atoms with E-state index in [9.17, 15) is 9.59 Å². The van der Waals surface area contributed by atoms with Crippen LogP contribution < -0.4 is 9.47 Å². The molecule has 2 aromatic carbocycles. The van der Waals surface area contributed by atoms with Crippen molar-refractivity contribution in [3.05, 3.63) is 59.7 Å². The Morgan fingerprint density at radius 1 is 1.19 bits per heavy atom. The Hall–Kier alpha value is -2.62. The summed E-state index contributed by atoms with van der Waals surface area (Å²) in [6.45, 7) is 1.33. The summed E-state index contributed by atoms with van der Waals surface area (Å²) in [7, 11) is 0. The molecular formula is C17H14O4. The zero-order valence-electron chi connectivity index (χ0n) is 11.5. The van der Waals surface area contributed by atoms with Gasteiger partial charge in [0.05, 0.1) is 12.0 Å². The normalized spacial score (nSPS) is 16.8. The first kappa shape index (κ1) is 13.4. The number of rotatable bonds is 2. The maximum atomic E-state index is 12.2. The highest BCUT2D eigenvalue weighted by atomic mass is 16.5. The number of benzene rings is 2. The summed E-state index contributed by atoms with van der Waals surface area (Å²) in [5, 5.41) is 0. The molecule has 106 valence electrons. The van der Waals surface area contributed by atoms with E-state index in [1.54, 1.807) is 18.2 Å². The molecule has 0 unspecified atom stereocenters. The lowest BCUT2D eigenvalue weighted by Crippen LogP contribution is -2.20. The number of ether oxygens (including phenoxy) is 2. The standard InChI is InChI=1S/C17H14O4/c1-11(18)20-13-7-8-14-15(19)10-16(21-17(14)9-13)12-5-3-2-4-6-12/h2-9,16H,10H2,1H3/t16-/m0/s1. The molecule has 0 saturated carbocycles. The van der Waals surface area contributed by atoms with Crippen LogP contribution in [-0.2, 0) is 4.79 Å². The highest BCUT2D eigenvalue weighted by Crippen LogP contribution is 2.36.